The Morgan fingerprint density at radius 3 is 2.75 bits per heavy atom. The van der Waals surface area contributed by atoms with Crippen LogP contribution in [0.1, 0.15) is 36.2 Å². The summed E-state index contributed by atoms with van der Waals surface area (Å²) in [5, 5.41) is 12.3. The third-order valence-corrected chi connectivity index (χ3v) is 2.86. The number of hydrogen-bond donors (Lipinski definition) is 3. The molecule has 0 saturated heterocycles. The second-order valence-corrected chi connectivity index (χ2v) is 5.31. The first kappa shape index (κ1) is 16.3. The molecule has 112 valence electrons. The van der Waals surface area contributed by atoms with E-state index in [0.29, 0.717) is 18.2 Å². The second-order valence-electron chi connectivity index (χ2n) is 5.31. The highest BCUT2D eigenvalue weighted by molar-refractivity contribution is 5.95. The molecule has 1 rings (SSSR count). The Kier molecular flexibility index (Phi) is 6.31. The number of nitrogen functional groups attached to an aromatic ring is 1. The Bertz CT molecular complexity index is 459. The van der Waals surface area contributed by atoms with E-state index in [1.54, 1.807) is 13.0 Å². The van der Waals surface area contributed by atoms with Crippen LogP contribution in [0.5, 0.6) is 0 Å². The number of nitrogens with one attached hydrogen (secondary N) is 1. The second kappa shape index (κ2) is 7.75. The van der Waals surface area contributed by atoms with Crippen LogP contribution in [0.25, 0.3) is 0 Å². The quantitative estimate of drug-likeness (QED) is 0.503. The van der Waals surface area contributed by atoms with Crippen molar-refractivity contribution >= 4 is 17.3 Å². The van der Waals surface area contributed by atoms with Gasteiger partial charge in [-0.1, -0.05) is 13.8 Å². The lowest BCUT2D eigenvalue weighted by Crippen LogP contribution is -2.10. The summed E-state index contributed by atoms with van der Waals surface area (Å²) in [5.41, 5.74) is 7.75. The van der Waals surface area contributed by atoms with E-state index in [9.17, 15) is 4.79 Å². The molecule has 0 amide bonds. The highest BCUT2D eigenvalue weighted by atomic mass is 16.5. The monoisotopic (exact) mass is 280 g/mol. The van der Waals surface area contributed by atoms with Crippen molar-refractivity contribution in [3.63, 3.8) is 0 Å². The van der Waals surface area contributed by atoms with Crippen molar-refractivity contribution in [3.05, 3.63) is 23.3 Å². The SMILES string of the molecule is Cc1cc(NCCCOCC(C)C)cc(C(=O)O)c1N. The van der Waals surface area contributed by atoms with Crippen LogP contribution in [-0.2, 0) is 4.74 Å². The standard InChI is InChI=1S/C15H24N2O3/c1-10(2)9-20-6-4-5-17-12-7-11(3)14(16)13(8-12)15(18)19/h7-8,10,17H,4-6,9,16H2,1-3H3,(H,18,19). The van der Waals surface area contributed by atoms with Gasteiger partial charge in [0.05, 0.1) is 5.56 Å². The fraction of sp³-hybridized carbons (Fsp3) is 0.533. The molecular formula is C15H24N2O3. The van der Waals surface area contributed by atoms with Gasteiger partial charge in [0.15, 0.2) is 0 Å². The van der Waals surface area contributed by atoms with Crippen LogP contribution in [-0.4, -0.2) is 30.8 Å². The molecule has 0 saturated carbocycles. The van der Waals surface area contributed by atoms with Gasteiger partial charge in [0, 0.05) is 31.1 Å². The van der Waals surface area contributed by atoms with Crippen molar-refractivity contribution in [1.82, 2.24) is 0 Å². The van der Waals surface area contributed by atoms with E-state index in [4.69, 9.17) is 15.6 Å². The predicted octanol–water partition coefficient (Wildman–Crippen LogP) is 2.75. The lowest BCUT2D eigenvalue weighted by atomic mass is 10.1. The molecule has 0 unspecified atom stereocenters. The smallest absolute Gasteiger partial charge is 0.337 e. The maximum absolute atomic E-state index is 11.1. The summed E-state index contributed by atoms with van der Waals surface area (Å²) in [4.78, 5) is 11.1. The van der Waals surface area contributed by atoms with E-state index in [-0.39, 0.29) is 5.56 Å². The number of carbonyl (C=O) groups is 1. The number of rotatable bonds is 8. The van der Waals surface area contributed by atoms with Crippen LogP contribution >= 0.6 is 0 Å². The number of aromatic carboxylic acids is 1. The molecule has 0 aliphatic heterocycles. The highest BCUT2D eigenvalue weighted by Crippen LogP contribution is 2.22. The summed E-state index contributed by atoms with van der Waals surface area (Å²) in [6.45, 7) is 8.24. The van der Waals surface area contributed by atoms with Gasteiger partial charge in [0.1, 0.15) is 0 Å². The largest absolute Gasteiger partial charge is 0.478 e. The number of ether oxygens (including phenoxy) is 1. The molecule has 0 aromatic heterocycles. The highest BCUT2D eigenvalue weighted by Gasteiger charge is 2.11. The molecule has 5 nitrogen and oxygen atoms in total. The minimum atomic E-state index is -1.01. The third kappa shape index (κ3) is 5.09. The molecule has 0 aliphatic rings. The van der Waals surface area contributed by atoms with Crippen molar-refractivity contribution in [2.75, 3.05) is 30.8 Å². The minimum absolute atomic E-state index is 0.142. The van der Waals surface area contributed by atoms with Gasteiger partial charge in [0.2, 0.25) is 0 Å². The summed E-state index contributed by atoms with van der Waals surface area (Å²) in [7, 11) is 0. The van der Waals surface area contributed by atoms with Gasteiger partial charge in [-0.2, -0.15) is 0 Å². The van der Waals surface area contributed by atoms with Gasteiger partial charge in [-0.05, 0) is 37.0 Å². The topological polar surface area (TPSA) is 84.6 Å². The van der Waals surface area contributed by atoms with Crippen molar-refractivity contribution in [2.24, 2.45) is 5.92 Å². The molecule has 0 aliphatic carbocycles. The number of benzene rings is 1. The van der Waals surface area contributed by atoms with Gasteiger partial charge >= 0.3 is 5.97 Å². The first-order valence-electron chi connectivity index (χ1n) is 6.86. The zero-order valence-corrected chi connectivity index (χ0v) is 12.4. The number of aryl methyl sites for hydroxylation is 1. The van der Waals surface area contributed by atoms with Crippen molar-refractivity contribution in [1.29, 1.82) is 0 Å². The molecule has 5 heteroatoms. The molecule has 0 bridgehead atoms. The molecular weight excluding hydrogens is 256 g/mol. The van der Waals surface area contributed by atoms with Gasteiger partial charge < -0.3 is 20.9 Å². The lowest BCUT2D eigenvalue weighted by molar-refractivity contribution is 0.0698. The Hall–Kier alpha value is -1.75. The van der Waals surface area contributed by atoms with E-state index in [1.165, 1.54) is 0 Å². The Morgan fingerprint density at radius 2 is 2.15 bits per heavy atom. The Balaban J connectivity index is 2.46. The molecule has 20 heavy (non-hydrogen) atoms. The van der Waals surface area contributed by atoms with Crippen LogP contribution in [0.4, 0.5) is 11.4 Å². The molecule has 0 spiro atoms. The summed E-state index contributed by atoms with van der Waals surface area (Å²) < 4.78 is 5.48. The molecule has 1 aromatic rings. The lowest BCUT2D eigenvalue weighted by Gasteiger charge is -2.12. The predicted molar refractivity (Wildman–Crippen MR) is 81.3 cm³/mol. The summed E-state index contributed by atoms with van der Waals surface area (Å²) in [6.07, 6.45) is 0.874. The van der Waals surface area contributed by atoms with Gasteiger partial charge in [-0.25, -0.2) is 4.79 Å². The number of hydrogen-bond acceptors (Lipinski definition) is 4. The zero-order valence-electron chi connectivity index (χ0n) is 12.4. The van der Waals surface area contributed by atoms with E-state index >= 15 is 0 Å². The maximum atomic E-state index is 11.1. The molecule has 4 N–H and O–H groups in total. The normalized spacial score (nSPS) is 10.8. The Morgan fingerprint density at radius 1 is 1.45 bits per heavy atom. The van der Waals surface area contributed by atoms with E-state index in [0.717, 1.165) is 30.8 Å². The molecule has 0 heterocycles. The summed E-state index contributed by atoms with van der Waals surface area (Å²) in [6, 6.07) is 3.43. The van der Waals surface area contributed by atoms with E-state index < -0.39 is 5.97 Å². The van der Waals surface area contributed by atoms with Crippen LogP contribution in [0, 0.1) is 12.8 Å². The first-order chi connectivity index (χ1) is 9.41. The van der Waals surface area contributed by atoms with E-state index in [1.807, 2.05) is 6.07 Å². The van der Waals surface area contributed by atoms with Crippen molar-refractivity contribution < 1.29 is 14.6 Å². The summed E-state index contributed by atoms with van der Waals surface area (Å²) >= 11 is 0. The van der Waals surface area contributed by atoms with Crippen LogP contribution in [0.3, 0.4) is 0 Å². The summed E-state index contributed by atoms with van der Waals surface area (Å²) in [5.74, 6) is -0.463. The fourth-order valence-electron chi connectivity index (χ4n) is 1.80. The minimum Gasteiger partial charge on any atom is -0.478 e. The Labute approximate surface area is 120 Å². The fourth-order valence-corrected chi connectivity index (χ4v) is 1.80. The number of carboxylic acids is 1. The molecule has 1 aromatic carbocycles. The first-order valence-corrected chi connectivity index (χ1v) is 6.86. The molecule has 0 atom stereocenters. The number of carboxylic acid groups (broad SMARTS) is 1. The molecule has 0 radical (unpaired) electrons. The van der Waals surface area contributed by atoms with Crippen LogP contribution in [0.2, 0.25) is 0 Å². The van der Waals surface area contributed by atoms with Gasteiger partial charge in [0.25, 0.3) is 0 Å². The van der Waals surface area contributed by atoms with Gasteiger partial charge in [-0.3, -0.25) is 0 Å². The maximum Gasteiger partial charge on any atom is 0.337 e. The van der Waals surface area contributed by atoms with Crippen LogP contribution < -0.4 is 11.1 Å². The van der Waals surface area contributed by atoms with Crippen LogP contribution in [0.15, 0.2) is 12.1 Å². The average Bonchev–Trinajstić information content (AvgIpc) is 2.36. The van der Waals surface area contributed by atoms with Crippen molar-refractivity contribution in [2.45, 2.75) is 27.2 Å². The third-order valence-electron chi connectivity index (χ3n) is 2.86. The number of anilines is 2. The zero-order chi connectivity index (χ0) is 15.1. The van der Waals surface area contributed by atoms with Gasteiger partial charge in [-0.15, -0.1) is 0 Å². The average molecular weight is 280 g/mol. The van der Waals surface area contributed by atoms with Crippen molar-refractivity contribution in [3.8, 4) is 0 Å². The number of nitrogens with two attached hydrogens (primary N) is 1. The van der Waals surface area contributed by atoms with E-state index in [2.05, 4.69) is 19.2 Å². The molecule has 0 fully saturated rings.